The van der Waals surface area contributed by atoms with Crippen molar-refractivity contribution in [3.05, 3.63) is 52.0 Å². The molecular weight excluding hydrogens is 386 g/mol. The normalized spacial score (nSPS) is 27.2. The molecule has 0 radical (unpaired) electrons. The van der Waals surface area contributed by atoms with E-state index in [0.29, 0.717) is 23.1 Å². The molecule has 4 heterocycles. The van der Waals surface area contributed by atoms with Crippen LogP contribution in [0.5, 0.6) is 0 Å². The Bertz CT molecular complexity index is 1040. The van der Waals surface area contributed by atoms with Gasteiger partial charge >= 0.3 is 0 Å². The average molecular weight is 412 g/mol. The van der Waals surface area contributed by atoms with E-state index in [2.05, 4.69) is 25.2 Å². The average Bonchev–Trinajstić information content (AvgIpc) is 3.34. The van der Waals surface area contributed by atoms with Gasteiger partial charge in [-0.05, 0) is 48.3 Å². The van der Waals surface area contributed by atoms with Crippen LogP contribution in [0.25, 0.3) is 10.2 Å². The number of anilines is 1. The zero-order valence-electron chi connectivity index (χ0n) is 16.4. The van der Waals surface area contributed by atoms with Gasteiger partial charge in [0.25, 0.3) is 5.56 Å². The number of methoxy groups -OCH3 is 1. The van der Waals surface area contributed by atoms with Gasteiger partial charge in [0.1, 0.15) is 16.3 Å². The van der Waals surface area contributed by atoms with E-state index in [4.69, 9.17) is 4.74 Å². The lowest BCUT2D eigenvalue weighted by atomic mass is 9.77. The molecule has 1 aliphatic heterocycles. The number of aromatic nitrogens is 3. The molecule has 0 unspecified atom stereocenters. The number of H-pyrrole nitrogens is 1. The summed E-state index contributed by atoms with van der Waals surface area (Å²) in [5.74, 6) is 2.88. The first-order chi connectivity index (χ1) is 14.2. The van der Waals surface area contributed by atoms with E-state index >= 15 is 0 Å². The van der Waals surface area contributed by atoms with Gasteiger partial charge in [-0.15, -0.1) is 11.3 Å². The fraction of sp³-hybridized carbons (Fsp3) is 0.476. The molecule has 29 heavy (non-hydrogen) atoms. The predicted octanol–water partition coefficient (Wildman–Crippen LogP) is 2.72. The maximum atomic E-state index is 12.2. The minimum atomic E-state index is -0.0318. The maximum Gasteiger partial charge on any atom is 0.268 e. The van der Waals surface area contributed by atoms with Crippen molar-refractivity contribution < 1.29 is 4.74 Å². The summed E-state index contributed by atoms with van der Waals surface area (Å²) in [5, 5.41) is 5.49. The Kier molecular flexibility index (Phi) is 5.07. The summed E-state index contributed by atoms with van der Waals surface area (Å²) >= 11 is 1.44. The van der Waals surface area contributed by atoms with Crippen LogP contribution in [0.1, 0.15) is 18.7 Å². The van der Waals surface area contributed by atoms with Crippen molar-refractivity contribution in [2.75, 3.05) is 25.5 Å². The van der Waals surface area contributed by atoms with Gasteiger partial charge in [-0.3, -0.25) is 9.69 Å². The summed E-state index contributed by atoms with van der Waals surface area (Å²) in [7, 11) is 1.80. The lowest BCUT2D eigenvalue weighted by Crippen LogP contribution is -2.44. The molecule has 1 aliphatic carbocycles. The molecule has 0 spiro atoms. The summed E-state index contributed by atoms with van der Waals surface area (Å²) in [4.78, 5) is 26.7. The summed E-state index contributed by atoms with van der Waals surface area (Å²) in [6.45, 7) is 2.73. The number of nitrogens with zero attached hydrogens (tertiary/aromatic N) is 3. The predicted molar refractivity (Wildman–Crippen MR) is 114 cm³/mol. The summed E-state index contributed by atoms with van der Waals surface area (Å²) in [6.07, 6.45) is 4.09. The Hall–Kier alpha value is -2.29. The van der Waals surface area contributed by atoms with Crippen molar-refractivity contribution in [3.8, 4) is 0 Å². The second kappa shape index (κ2) is 7.85. The number of fused-ring (bicyclic) bond motifs is 2. The highest BCUT2D eigenvalue weighted by Gasteiger charge is 2.42. The molecule has 0 aromatic carbocycles. The van der Waals surface area contributed by atoms with Crippen LogP contribution in [0, 0.1) is 11.8 Å². The van der Waals surface area contributed by atoms with Gasteiger partial charge in [0.05, 0.1) is 24.2 Å². The van der Waals surface area contributed by atoms with E-state index in [1.165, 1.54) is 11.3 Å². The molecule has 3 aromatic rings. The highest BCUT2D eigenvalue weighted by molar-refractivity contribution is 7.17. The van der Waals surface area contributed by atoms with Gasteiger partial charge in [-0.1, -0.05) is 6.07 Å². The first-order valence-corrected chi connectivity index (χ1v) is 11.0. The van der Waals surface area contributed by atoms with Crippen LogP contribution in [0.15, 0.2) is 40.6 Å². The number of hydrogen-bond donors (Lipinski definition) is 2. The third-order valence-electron chi connectivity index (χ3n) is 6.23. The van der Waals surface area contributed by atoms with Gasteiger partial charge in [0.2, 0.25) is 0 Å². The van der Waals surface area contributed by atoms with Crippen LogP contribution < -0.4 is 10.9 Å². The number of rotatable bonds is 5. The molecule has 4 atom stereocenters. The minimum absolute atomic E-state index is 0.0318. The van der Waals surface area contributed by atoms with E-state index in [-0.39, 0.29) is 17.7 Å². The van der Waals surface area contributed by atoms with Crippen LogP contribution in [-0.2, 0) is 11.3 Å². The molecule has 7 nitrogen and oxygen atoms in total. The van der Waals surface area contributed by atoms with Crippen LogP contribution in [-0.4, -0.2) is 52.2 Å². The Morgan fingerprint density at radius 2 is 2.14 bits per heavy atom. The highest BCUT2D eigenvalue weighted by Crippen LogP contribution is 2.38. The van der Waals surface area contributed by atoms with Gasteiger partial charge in [0, 0.05) is 26.4 Å². The fourth-order valence-corrected chi connectivity index (χ4v) is 5.62. The van der Waals surface area contributed by atoms with Crippen molar-refractivity contribution >= 4 is 27.4 Å². The Morgan fingerprint density at radius 1 is 1.28 bits per heavy atom. The second-order valence-corrected chi connectivity index (χ2v) is 8.99. The summed E-state index contributed by atoms with van der Waals surface area (Å²) < 4.78 is 6.53. The molecule has 1 saturated carbocycles. The van der Waals surface area contributed by atoms with E-state index < -0.39 is 0 Å². The van der Waals surface area contributed by atoms with Crippen molar-refractivity contribution in [3.63, 3.8) is 0 Å². The smallest absolute Gasteiger partial charge is 0.268 e. The SMILES string of the molecule is CO[C@@H]1C[C@H]2CN(Cc3nc4ccsc4c(=O)[nH]3)C[C@H]2C[C@H]1Nc1ccccn1. The molecule has 2 aliphatic rings. The number of hydrogen-bond acceptors (Lipinski definition) is 7. The van der Waals surface area contributed by atoms with Crippen molar-refractivity contribution in [2.45, 2.75) is 31.5 Å². The van der Waals surface area contributed by atoms with Crippen LogP contribution in [0.4, 0.5) is 5.82 Å². The molecule has 8 heteroatoms. The fourth-order valence-electron chi connectivity index (χ4n) is 4.90. The minimum Gasteiger partial charge on any atom is -0.379 e. The maximum absolute atomic E-state index is 12.2. The molecule has 3 aromatic heterocycles. The van der Waals surface area contributed by atoms with E-state index in [1.807, 2.05) is 35.8 Å². The molecule has 5 rings (SSSR count). The molecule has 1 saturated heterocycles. The zero-order chi connectivity index (χ0) is 19.8. The van der Waals surface area contributed by atoms with E-state index in [0.717, 1.165) is 43.1 Å². The molecule has 0 amide bonds. The summed E-state index contributed by atoms with van der Waals surface area (Å²) in [5.41, 5.74) is 0.764. The number of thiophene rings is 1. The quantitative estimate of drug-likeness (QED) is 0.672. The third kappa shape index (κ3) is 3.80. The summed E-state index contributed by atoms with van der Waals surface area (Å²) in [6, 6.07) is 8.10. The molecule has 152 valence electrons. The number of pyridine rings is 1. The number of nitrogens with one attached hydrogen (secondary N) is 2. The Labute approximate surface area is 173 Å². The Balaban J connectivity index is 1.28. The van der Waals surface area contributed by atoms with Gasteiger partial charge in [0.15, 0.2) is 0 Å². The monoisotopic (exact) mass is 411 g/mol. The molecule has 2 fully saturated rings. The molecular formula is C21H25N5O2S. The van der Waals surface area contributed by atoms with Crippen LogP contribution >= 0.6 is 11.3 Å². The zero-order valence-corrected chi connectivity index (χ0v) is 17.2. The van der Waals surface area contributed by atoms with Gasteiger partial charge in [-0.2, -0.15) is 0 Å². The molecule has 0 bridgehead atoms. The largest absolute Gasteiger partial charge is 0.379 e. The number of ether oxygens (including phenoxy) is 1. The highest BCUT2D eigenvalue weighted by atomic mass is 32.1. The Morgan fingerprint density at radius 3 is 2.93 bits per heavy atom. The number of likely N-dealkylation sites (tertiary alicyclic amines) is 1. The van der Waals surface area contributed by atoms with Crippen molar-refractivity contribution in [1.82, 2.24) is 19.9 Å². The van der Waals surface area contributed by atoms with Crippen LogP contribution in [0.2, 0.25) is 0 Å². The van der Waals surface area contributed by atoms with Crippen molar-refractivity contribution in [1.29, 1.82) is 0 Å². The lowest BCUT2D eigenvalue weighted by Gasteiger charge is -2.37. The van der Waals surface area contributed by atoms with Crippen molar-refractivity contribution in [2.24, 2.45) is 11.8 Å². The second-order valence-electron chi connectivity index (χ2n) is 8.07. The van der Waals surface area contributed by atoms with Gasteiger partial charge in [-0.25, -0.2) is 9.97 Å². The van der Waals surface area contributed by atoms with Crippen LogP contribution in [0.3, 0.4) is 0 Å². The topological polar surface area (TPSA) is 83.1 Å². The van der Waals surface area contributed by atoms with E-state index in [9.17, 15) is 4.79 Å². The first-order valence-electron chi connectivity index (χ1n) is 10.1. The van der Waals surface area contributed by atoms with E-state index in [1.54, 1.807) is 7.11 Å². The number of aromatic amines is 1. The molecule has 2 N–H and O–H groups in total. The van der Waals surface area contributed by atoms with Gasteiger partial charge < -0.3 is 15.0 Å². The standard InChI is InChI=1S/C21H25N5O2S/c1-28-17-9-14-11-26(12-19-23-15-5-7-29-20(15)21(27)25-19)10-13(14)8-16(17)24-18-4-2-3-6-22-18/h2-7,13-14,16-17H,8-12H2,1H3,(H,22,24)(H,23,25,27)/t13-,14+,16-,17-/m1/s1. The third-order valence-corrected chi connectivity index (χ3v) is 7.13. The lowest BCUT2D eigenvalue weighted by molar-refractivity contribution is 0.0304. The first kappa shape index (κ1) is 18.7.